The zero-order valence-electron chi connectivity index (χ0n) is 14.4. The molecule has 0 fully saturated rings. The zero-order valence-corrected chi connectivity index (χ0v) is 14.4. The van der Waals surface area contributed by atoms with Crippen molar-refractivity contribution in [2.45, 2.75) is 6.92 Å². The standard InChI is InChI=1S/C23H19NO/c1-16-7-13-22-18(15-16)9-12-19(24(22)2)11-8-17-10-14-23(25)21-6-4-3-5-20(17)21/h3-15H,1-2H3/p+1. The van der Waals surface area contributed by atoms with Crippen LogP contribution in [0.15, 0.2) is 66.7 Å². The average molecular weight is 326 g/mol. The van der Waals surface area contributed by atoms with E-state index in [4.69, 9.17) is 0 Å². The maximum atomic E-state index is 10.0. The predicted octanol–water partition coefficient (Wildman–Crippen LogP) is 5.00. The minimum absolute atomic E-state index is 0.319. The number of benzene rings is 3. The van der Waals surface area contributed by atoms with Gasteiger partial charge in [-0.05, 0) is 42.1 Å². The van der Waals surface area contributed by atoms with E-state index < -0.39 is 0 Å². The van der Waals surface area contributed by atoms with Crippen molar-refractivity contribution >= 4 is 33.8 Å². The van der Waals surface area contributed by atoms with Gasteiger partial charge in [0, 0.05) is 29.0 Å². The number of hydrogen-bond acceptors (Lipinski definition) is 1. The van der Waals surface area contributed by atoms with Crippen LogP contribution in [0.4, 0.5) is 0 Å². The first-order valence-electron chi connectivity index (χ1n) is 8.42. The first kappa shape index (κ1) is 15.4. The fourth-order valence-corrected chi connectivity index (χ4v) is 3.33. The molecular formula is C23H20NO+. The SMILES string of the molecule is Cc1ccc2c(ccc(C=Cc3ccc(O)c4ccccc34)[n+]2C)c1. The van der Waals surface area contributed by atoms with Gasteiger partial charge in [-0.2, -0.15) is 4.57 Å². The molecule has 0 aliphatic carbocycles. The largest absolute Gasteiger partial charge is 0.507 e. The number of rotatable bonds is 2. The van der Waals surface area contributed by atoms with Crippen molar-refractivity contribution in [3.8, 4) is 5.75 Å². The number of hydrogen-bond donors (Lipinski definition) is 1. The minimum Gasteiger partial charge on any atom is -0.507 e. The summed E-state index contributed by atoms with van der Waals surface area (Å²) in [6.45, 7) is 2.11. The fraction of sp³-hybridized carbons (Fsp3) is 0.0870. The molecule has 3 aromatic carbocycles. The van der Waals surface area contributed by atoms with Gasteiger partial charge < -0.3 is 5.11 Å². The molecule has 0 unspecified atom stereocenters. The van der Waals surface area contributed by atoms with Gasteiger partial charge in [0.1, 0.15) is 12.8 Å². The summed E-state index contributed by atoms with van der Waals surface area (Å²) in [4.78, 5) is 0. The molecule has 122 valence electrons. The smallest absolute Gasteiger partial charge is 0.212 e. The van der Waals surface area contributed by atoms with Crippen LogP contribution in [0.25, 0.3) is 33.8 Å². The molecule has 1 heterocycles. The Balaban J connectivity index is 1.80. The minimum atomic E-state index is 0.319. The number of phenolic OH excluding ortho intramolecular Hbond substituents is 1. The topological polar surface area (TPSA) is 24.1 Å². The quantitative estimate of drug-likeness (QED) is 0.515. The number of fused-ring (bicyclic) bond motifs is 2. The monoisotopic (exact) mass is 326 g/mol. The Hall–Kier alpha value is -3.13. The molecule has 1 N–H and O–H groups in total. The first-order valence-corrected chi connectivity index (χ1v) is 8.42. The molecule has 2 nitrogen and oxygen atoms in total. The number of pyridine rings is 1. The van der Waals surface area contributed by atoms with Crippen LogP contribution in [0, 0.1) is 6.92 Å². The molecule has 0 amide bonds. The highest BCUT2D eigenvalue weighted by molar-refractivity contribution is 5.96. The van der Waals surface area contributed by atoms with Crippen LogP contribution in [0.5, 0.6) is 5.75 Å². The summed E-state index contributed by atoms with van der Waals surface area (Å²) in [7, 11) is 2.09. The van der Waals surface area contributed by atoms with Gasteiger partial charge in [0.05, 0.1) is 0 Å². The molecule has 0 atom stereocenters. The van der Waals surface area contributed by atoms with Crippen molar-refractivity contribution in [3.63, 3.8) is 0 Å². The molecule has 0 aliphatic heterocycles. The molecule has 0 aliphatic rings. The second-order valence-electron chi connectivity index (χ2n) is 6.43. The lowest BCUT2D eigenvalue weighted by atomic mass is 10.0. The van der Waals surface area contributed by atoms with Crippen LogP contribution in [0.2, 0.25) is 0 Å². The molecule has 0 bridgehead atoms. The van der Waals surface area contributed by atoms with Crippen molar-refractivity contribution < 1.29 is 9.67 Å². The number of nitrogens with zero attached hydrogens (tertiary/aromatic N) is 1. The van der Waals surface area contributed by atoms with Gasteiger partial charge in [-0.3, -0.25) is 0 Å². The van der Waals surface area contributed by atoms with Crippen LogP contribution in [-0.4, -0.2) is 5.11 Å². The Bertz CT molecular complexity index is 1130. The Morgan fingerprint density at radius 1 is 0.840 bits per heavy atom. The van der Waals surface area contributed by atoms with Crippen molar-refractivity contribution in [3.05, 3.63) is 83.6 Å². The van der Waals surface area contributed by atoms with Gasteiger partial charge in [-0.15, -0.1) is 0 Å². The van der Waals surface area contributed by atoms with E-state index in [1.54, 1.807) is 6.07 Å². The van der Waals surface area contributed by atoms with E-state index in [1.165, 1.54) is 16.5 Å². The second-order valence-corrected chi connectivity index (χ2v) is 6.43. The lowest BCUT2D eigenvalue weighted by molar-refractivity contribution is -0.646. The van der Waals surface area contributed by atoms with E-state index in [1.807, 2.05) is 30.3 Å². The lowest BCUT2D eigenvalue weighted by Crippen LogP contribution is -2.32. The lowest BCUT2D eigenvalue weighted by Gasteiger charge is -2.05. The van der Waals surface area contributed by atoms with Gasteiger partial charge in [0.2, 0.25) is 11.2 Å². The third kappa shape index (κ3) is 2.76. The van der Waals surface area contributed by atoms with E-state index in [0.717, 1.165) is 22.0 Å². The highest BCUT2D eigenvalue weighted by atomic mass is 16.3. The summed E-state index contributed by atoms with van der Waals surface area (Å²) in [5.74, 6) is 0.319. The predicted molar refractivity (Wildman–Crippen MR) is 104 cm³/mol. The molecule has 4 rings (SSSR count). The van der Waals surface area contributed by atoms with Gasteiger partial charge in [-0.25, -0.2) is 0 Å². The number of aromatic hydroxyl groups is 1. The average Bonchev–Trinajstić information content (AvgIpc) is 2.63. The van der Waals surface area contributed by atoms with E-state index in [0.29, 0.717) is 5.75 Å². The summed E-state index contributed by atoms with van der Waals surface area (Å²) < 4.78 is 2.20. The normalized spacial score (nSPS) is 11.6. The van der Waals surface area contributed by atoms with E-state index in [9.17, 15) is 5.11 Å². The summed E-state index contributed by atoms with van der Waals surface area (Å²) in [6.07, 6.45) is 4.23. The second kappa shape index (κ2) is 6.06. The maximum absolute atomic E-state index is 10.0. The Morgan fingerprint density at radius 2 is 1.64 bits per heavy atom. The van der Waals surface area contributed by atoms with Crippen LogP contribution in [0.3, 0.4) is 0 Å². The summed E-state index contributed by atoms with van der Waals surface area (Å²) in [5.41, 5.74) is 4.71. The number of aryl methyl sites for hydroxylation is 2. The molecule has 0 saturated heterocycles. The molecule has 1 aromatic heterocycles. The highest BCUT2D eigenvalue weighted by Gasteiger charge is 2.09. The van der Waals surface area contributed by atoms with Crippen LogP contribution in [-0.2, 0) is 7.05 Å². The van der Waals surface area contributed by atoms with Crippen LogP contribution in [0.1, 0.15) is 16.8 Å². The number of aromatic nitrogens is 1. The Kier molecular flexibility index (Phi) is 3.73. The van der Waals surface area contributed by atoms with Crippen molar-refractivity contribution in [1.29, 1.82) is 0 Å². The van der Waals surface area contributed by atoms with E-state index in [2.05, 4.69) is 61.0 Å². The van der Waals surface area contributed by atoms with E-state index in [-0.39, 0.29) is 0 Å². The Labute approximate surface area is 147 Å². The van der Waals surface area contributed by atoms with Crippen molar-refractivity contribution in [2.24, 2.45) is 7.05 Å². The maximum Gasteiger partial charge on any atom is 0.212 e. The Morgan fingerprint density at radius 3 is 2.48 bits per heavy atom. The first-order chi connectivity index (χ1) is 12.1. The third-order valence-corrected chi connectivity index (χ3v) is 4.73. The summed E-state index contributed by atoms with van der Waals surface area (Å²) in [6, 6.07) is 22.5. The molecule has 25 heavy (non-hydrogen) atoms. The third-order valence-electron chi connectivity index (χ3n) is 4.73. The van der Waals surface area contributed by atoms with Crippen LogP contribution < -0.4 is 4.57 Å². The molecule has 0 radical (unpaired) electrons. The van der Waals surface area contributed by atoms with Crippen LogP contribution >= 0.6 is 0 Å². The molecule has 0 spiro atoms. The van der Waals surface area contributed by atoms with Crippen molar-refractivity contribution in [1.82, 2.24) is 0 Å². The number of phenols is 1. The summed E-state index contributed by atoms with van der Waals surface area (Å²) in [5, 5.41) is 13.2. The molecular weight excluding hydrogens is 306 g/mol. The van der Waals surface area contributed by atoms with Gasteiger partial charge >= 0.3 is 0 Å². The van der Waals surface area contributed by atoms with Gasteiger partial charge in [0.15, 0.2) is 0 Å². The van der Waals surface area contributed by atoms with Crippen molar-refractivity contribution in [2.75, 3.05) is 0 Å². The molecule has 4 aromatic rings. The van der Waals surface area contributed by atoms with Gasteiger partial charge in [0.25, 0.3) is 0 Å². The zero-order chi connectivity index (χ0) is 17.4. The van der Waals surface area contributed by atoms with E-state index >= 15 is 0 Å². The van der Waals surface area contributed by atoms with Gasteiger partial charge in [-0.1, -0.05) is 42.0 Å². The highest BCUT2D eigenvalue weighted by Crippen LogP contribution is 2.28. The summed E-state index contributed by atoms with van der Waals surface area (Å²) >= 11 is 0. The molecule has 2 heteroatoms. The fourth-order valence-electron chi connectivity index (χ4n) is 3.33. The molecule has 0 saturated carbocycles.